The molecule has 0 radical (unpaired) electrons. The molecule has 3 heteroatoms. The first-order valence-corrected chi connectivity index (χ1v) is 16.4. The van der Waals surface area contributed by atoms with E-state index in [1.54, 1.807) is 10.9 Å². The van der Waals surface area contributed by atoms with Crippen LogP contribution in [0.2, 0.25) is 0 Å². The Labute approximate surface area is 249 Å². The van der Waals surface area contributed by atoms with Crippen LogP contribution in [0.15, 0.2) is 115 Å². The Morgan fingerprint density at radius 2 is 0.868 bits per heavy atom. The quantitative estimate of drug-likeness (QED) is 0.0948. The Hall–Kier alpha value is -1.64. The Bertz CT molecular complexity index is 1120. The molecule has 0 saturated heterocycles. The average molecular weight is 630 g/mol. The summed E-state index contributed by atoms with van der Waals surface area (Å²) in [5, 5.41) is 6.20. The largest absolute Gasteiger partial charge is 2.00 e. The van der Waals surface area contributed by atoms with Gasteiger partial charge in [0.15, 0.2) is 0 Å². The van der Waals surface area contributed by atoms with Crippen LogP contribution in [0.1, 0.15) is 39.2 Å². The zero-order valence-electron chi connectivity index (χ0n) is 24.0. The van der Waals surface area contributed by atoms with Crippen molar-refractivity contribution < 1.29 is 19.5 Å². The van der Waals surface area contributed by atoms with Gasteiger partial charge in [0.05, 0.1) is 31.8 Å². The predicted octanol–water partition coefficient (Wildman–Crippen LogP) is 8.01. The van der Waals surface area contributed by atoms with Crippen molar-refractivity contribution in [3.63, 3.8) is 0 Å². The van der Waals surface area contributed by atoms with Crippen molar-refractivity contribution in [2.75, 3.05) is 12.3 Å². The summed E-state index contributed by atoms with van der Waals surface area (Å²) in [7, 11) is -1.76. The number of benzene rings is 4. The predicted molar refractivity (Wildman–Crippen MR) is 176 cm³/mol. The molecule has 0 aromatic heterocycles. The maximum absolute atomic E-state index is 2.44. The molecule has 0 heterocycles. The van der Waals surface area contributed by atoms with Crippen molar-refractivity contribution in [1.29, 1.82) is 0 Å². The SMILES string of the molecule is CC(C)C(C)C(C)c1ccccc1[PH+](CC[PH+](c1ccccc1)c1ccccc1)c1ccccc1.[CH3-].[CH3-].[Ru+2]. The Morgan fingerprint density at radius 3 is 1.32 bits per heavy atom. The van der Waals surface area contributed by atoms with E-state index in [-0.39, 0.29) is 34.3 Å². The monoisotopic (exact) mass is 630 g/mol. The van der Waals surface area contributed by atoms with Crippen LogP contribution in [-0.4, -0.2) is 12.3 Å². The number of hydrogen-bond acceptors (Lipinski definition) is 0. The molecule has 0 nitrogen and oxygen atoms in total. The molecular formula is C35H46P2Ru+2. The first-order chi connectivity index (χ1) is 17.1. The van der Waals surface area contributed by atoms with E-state index in [0.717, 1.165) is 0 Å². The molecule has 202 valence electrons. The molecule has 0 aliphatic rings. The molecule has 0 fully saturated rings. The molecule has 3 atom stereocenters. The van der Waals surface area contributed by atoms with Crippen LogP contribution in [0.25, 0.3) is 0 Å². The van der Waals surface area contributed by atoms with Crippen LogP contribution in [0.4, 0.5) is 0 Å². The fraction of sp³-hybridized carbons (Fsp3) is 0.257. The smallest absolute Gasteiger partial charge is 0.358 e. The molecule has 4 aromatic carbocycles. The third-order valence-electron chi connectivity index (χ3n) is 7.61. The topological polar surface area (TPSA) is 0 Å². The van der Waals surface area contributed by atoms with Gasteiger partial charge in [-0.25, -0.2) is 0 Å². The van der Waals surface area contributed by atoms with Gasteiger partial charge in [0.2, 0.25) is 0 Å². The van der Waals surface area contributed by atoms with Crippen LogP contribution in [0.5, 0.6) is 0 Å². The standard InChI is InChI=1S/C33H38P2.2CH3.Ru/c1-26(2)27(3)28(4)32-22-14-15-23-33(32)35(31-20-12-7-13-21-31)25-24-34(29-16-8-5-9-17-29)30-18-10-6-11-19-30;;;/h5-23,26-28H,24-25H2,1-4H3;2*1H3;/q;2*-1;+2/p+2. The van der Waals surface area contributed by atoms with Gasteiger partial charge in [0.1, 0.15) is 17.6 Å². The second-order valence-corrected chi connectivity index (χ2v) is 15.2. The van der Waals surface area contributed by atoms with Gasteiger partial charge in [-0.05, 0) is 65.8 Å². The van der Waals surface area contributed by atoms with Gasteiger partial charge in [0.25, 0.3) is 0 Å². The van der Waals surface area contributed by atoms with Crippen molar-refractivity contribution in [2.24, 2.45) is 11.8 Å². The van der Waals surface area contributed by atoms with E-state index in [2.05, 4.69) is 143 Å². The normalized spacial score (nSPS) is 13.0. The molecule has 0 aliphatic heterocycles. The zero-order chi connectivity index (χ0) is 24.6. The maximum atomic E-state index is 2.44. The summed E-state index contributed by atoms with van der Waals surface area (Å²) >= 11 is 0. The van der Waals surface area contributed by atoms with Crippen molar-refractivity contribution in [3.8, 4) is 0 Å². The van der Waals surface area contributed by atoms with Crippen LogP contribution in [0.3, 0.4) is 0 Å². The molecule has 0 amide bonds. The molecule has 38 heavy (non-hydrogen) atoms. The van der Waals surface area contributed by atoms with Crippen molar-refractivity contribution in [1.82, 2.24) is 0 Å². The number of hydrogen-bond donors (Lipinski definition) is 0. The first kappa shape index (κ1) is 34.4. The minimum atomic E-state index is -0.916. The van der Waals surface area contributed by atoms with Crippen molar-refractivity contribution >= 4 is 37.1 Å². The minimum absolute atomic E-state index is 0. The fourth-order valence-corrected chi connectivity index (χ4v) is 11.6. The summed E-state index contributed by atoms with van der Waals surface area (Å²) in [6, 6.07) is 43.2. The molecule has 4 rings (SSSR count). The summed E-state index contributed by atoms with van der Waals surface area (Å²) in [6.07, 6.45) is 2.51. The molecule has 0 N–H and O–H groups in total. The van der Waals surface area contributed by atoms with E-state index in [1.165, 1.54) is 28.2 Å². The van der Waals surface area contributed by atoms with Crippen LogP contribution >= 0.6 is 15.8 Å². The van der Waals surface area contributed by atoms with E-state index in [0.29, 0.717) is 17.8 Å². The van der Waals surface area contributed by atoms with E-state index in [9.17, 15) is 0 Å². The molecule has 4 aromatic rings. The molecule has 0 bridgehead atoms. The third-order valence-corrected chi connectivity index (χ3v) is 13.8. The van der Waals surface area contributed by atoms with Gasteiger partial charge in [-0.1, -0.05) is 100 Å². The van der Waals surface area contributed by atoms with Gasteiger partial charge >= 0.3 is 19.5 Å². The van der Waals surface area contributed by atoms with Crippen molar-refractivity contribution in [3.05, 3.63) is 136 Å². The van der Waals surface area contributed by atoms with Crippen LogP contribution < -0.4 is 21.2 Å². The first-order valence-electron chi connectivity index (χ1n) is 13.0. The van der Waals surface area contributed by atoms with E-state index in [4.69, 9.17) is 0 Å². The van der Waals surface area contributed by atoms with Gasteiger partial charge in [-0.2, -0.15) is 0 Å². The molecule has 0 spiro atoms. The molecule has 0 saturated carbocycles. The second kappa shape index (κ2) is 17.1. The van der Waals surface area contributed by atoms with Crippen LogP contribution in [-0.2, 0) is 19.5 Å². The van der Waals surface area contributed by atoms with Crippen LogP contribution in [0, 0.1) is 26.7 Å². The summed E-state index contributed by atoms with van der Waals surface area (Å²) in [4.78, 5) is 0. The van der Waals surface area contributed by atoms with Gasteiger partial charge in [-0.15, -0.1) is 0 Å². The van der Waals surface area contributed by atoms with E-state index >= 15 is 0 Å². The second-order valence-electron chi connectivity index (χ2n) is 10.0. The maximum Gasteiger partial charge on any atom is 2.00 e. The fourth-order valence-electron chi connectivity index (χ4n) is 5.09. The number of rotatable bonds is 10. The summed E-state index contributed by atoms with van der Waals surface area (Å²) in [6.45, 7) is 9.59. The molecule has 0 aliphatic carbocycles. The Kier molecular flexibility index (Phi) is 15.5. The summed E-state index contributed by atoms with van der Waals surface area (Å²) in [5.41, 5.74) is 1.57. The third kappa shape index (κ3) is 8.69. The van der Waals surface area contributed by atoms with Gasteiger partial charge in [-0.3, -0.25) is 0 Å². The van der Waals surface area contributed by atoms with E-state index < -0.39 is 15.8 Å². The Morgan fingerprint density at radius 1 is 0.500 bits per heavy atom. The average Bonchev–Trinajstić information content (AvgIpc) is 2.92. The summed E-state index contributed by atoms with van der Waals surface area (Å²) in [5.74, 6) is 1.89. The van der Waals surface area contributed by atoms with Crippen molar-refractivity contribution in [2.45, 2.75) is 33.6 Å². The van der Waals surface area contributed by atoms with Gasteiger partial charge in [0, 0.05) is 0 Å². The summed E-state index contributed by atoms with van der Waals surface area (Å²) < 4.78 is 0. The van der Waals surface area contributed by atoms with Gasteiger partial charge < -0.3 is 14.9 Å². The zero-order valence-corrected chi connectivity index (χ0v) is 27.7. The molecular weight excluding hydrogens is 583 g/mol. The molecule has 3 unspecified atom stereocenters. The Balaban J connectivity index is 0.00000241. The minimum Gasteiger partial charge on any atom is -0.358 e. The van der Waals surface area contributed by atoms with E-state index in [1.807, 2.05) is 0 Å².